The van der Waals surface area contributed by atoms with Crippen LogP contribution in [0.2, 0.25) is 0 Å². The first-order chi connectivity index (χ1) is 12.1. The average Bonchev–Trinajstić information content (AvgIpc) is 3.00. The largest absolute Gasteiger partial charge is 0.459 e. The van der Waals surface area contributed by atoms with Crippen molar-refractivity contribution in [1.29, 1.82) is 0 Å². The first kappa shape index (κ1) is 17.5. The Kier molecular flexibility index (Phi) is 5.68. The van der Waals surface area contributed by atoms with E-state index < -0.39 is 29.7 Å². The Morgan fingerprint density at radius 2 is 1.52 bits per heavy atom. The second-order valence-corrected chi connectivity index (χ2v) is 6.08. The summed E-state index contributed by atoms with van der Waals surface area (Å²) in [5, 5.41) is 0. The van der Waals surface area contributed by atoms with E-state index in [-0.39, 0.29) is 6.61 Å². The van der Waals surface area contributed by atoms with Gasteiger partial charge in [-0.3, -0.25) is 0 Å². The molecule has 1 heterocycles. The average molecular weight is 361 g/mol. The van der Waals surface area contributed by atoms with Crippen LogP contribution < -0.4 is 0 Å². The van der Waals surface area contributed by atoms with Gasteiger partial charge >= 0.3 is 11.9 Å². The van der Waals surface area contributed by atoms with Gasteiger partial charge in [-0.05, 0) is 24.3 Å². The predicted octanol–water partition coefficient (Wildman–Crippen LogP) is 3.42. The molecule has 0 saturated carbocycles. The maximum absolute atomic E-state index is 12.2. The van der Waals surface area contributed by atoms with Gasteiger partial charge in [-0.15, -0.1) is 0 Å². The van der Waals surface area contributed by atoms with Crippen molar-refractivity contribution in [3.63, 3.8) is 0 Å². The molecular formula is C19H17ClO5. The molecule has 1 aliphatic rings. The Morgan fingerprint density at radius 3 is 2.12 bits per heavy atom. The normalized spacial score (nSPS) is 22.4. The third kappa shape index (κ3) is 4.59. The molecule has 0 unspecified atom stereocenters. The van der Waals surface area contributed by atoms with Crippen molar-refractivity contribution in [2.75, 3.05) is 6.61 Å². The molecule has 0 aromatic heterocycles. The Balaban J connectivity index is 1.58. The number of hydrogen-bond acceptors (Lipinski definition) is 5. The summed E-state index contributed by atoms with van der Waals surface area (Å²) in [6, 6.07) is 17.3. The van der Waals surface area contributed by atoms with Crippen molar-refractivity contribution in [3.8, 4) is 0 Å². The summed E-state index contributed by atoms with van der Waals surface area (Å²) < 4.78 is 16.3. The Morgan fingerprint density at radius 1 is 0.960 bits per heavy atom. The van der Waals surface area contributed by atoms with Gasteiger partial charge in [0.15, 0.2) is 0 Å². The highest BCUT2D eigenvalue weighted by molar-refractivity contribution is 6.19. The van der Waals surface area contributed by atoms with Crippen LogP contribution in [-0.4, -0.2) is 36.3 Å². The maximum Gasteiger partial charge on any atom is 0.338 e. The van der Waals surface area contributed by atoms with Crippen LogP contribution >= 0.6 is 11.6 Å². The number of halogens is 1. The third-order valence-electron chi connectivity index (χ3n) is 3.81. The number of hydrogen-bond donors (Lipinski definition) is 0. The smallest absolute Gasteiger partial charge is 0.338 e. The fraction of sp³-hybridized carbons (Fsp3) is 0.263. The number of benzene rings is 2. The molecule has 2 aromatic carbocycles. The van der Waals surface area contributed by atoms with Crippen LogP contribution in [0.25, 0.3) is 0 Å². The second kappa shape index (κ2) is 8.14. The summed E-state index contributed by atoms with van der Waals surface area (Å²) >= 11 is 6.01. The summed E-state index contributed by atoms with van der Waals surface area (Å²) in [6.45, 7) is -0.0380. The van der Waals surface area contributed by atoms with Crippen LogP contribution in [0, 0.1) is 0 Å². The van der Waals surface area contributed by atoms with Crippen LogP contribution in [0.5, 0.6) is 0 Å². The SMILES string of the molecule is O=C(OC[C@H]1O[C@H](Cl)C[C@H]1OC(=O)c1ccccc1)c1ccccc1. The fourth-order valence-electron chi connectivity index (χ4n) is 2.53. The van der Waals surface area contributed by atoms with E-state index in [1.54, 1.807) is 48.5 Å². The van der Waals surface area contributed by atoms with Crippen molar-refractivity contribution >= 4 is 23.5 Å². The number of ether oxygens (including phenoxy) is 3. The molecule has 130 valence electrons. The van der Waals surface area contributed by atoms with E-state index in [0.29, 0.717) is 17.5 Å². The molecule has 2 aromatic rings. The quantitative estimate of drug-likeness (QED) is 0.604. The highest BCUT2D eigenvalue weighted by atomic mass is 35.5. The summed E-state index contributed by atoms with van der Waals surface area (Å²) in [5.74, 6) is -0.922. The van der Waals surface area contributed by atoms with Crippen LogP contribution in [0.1, 0.15) is 27.1 Å². The second-order valence-electron chi connectivity index (χ2n) is 5.59. The van der Waals surface area contributed by atoms with Crippen molar-refractivity contribution in [1.82, 2.24) is 0 Å². The molecule has 0 bridgehead atoms. The first-order valence-electron chi connectivity index (χ1n) is 7.91. The lowest BCUT2D eigenvalue weighted by Gasteiger charge is -2.18. The molecule has 0 amide bonds. The molecular weight excluding hydrogens is 344 g/mol. The first-order valence-corrected chi connectivity index (χ1v) is 8.35. The van der Waals surface area contributed by atoms with Gasteiger partial charge in [0.1, 0.15) is 24.4 Å². The zero-order chi connectivity index (χ0) is 17.6. The minimum atomic E-state index is -0.595. The van der Waals surface area contributed by atoms with Crippen molar-refractivity contribution in [2.45, 2.75) is 24.2 Å². The molecule has 3 rings (SSSR count). The van der Waals surface area contributed by atoms with Gasteiger partial charge in [-0.1, -0.05) is 48.0 Å². The third-order valence-corrected chi connectivity index (χ3v) is 4.09. The standard InChI is InChI=1S/C19H17ClO5/c20-17-11-15(25-19(22)14-9-5-2-6-10-14)16(24-17)12-23-18(21)13-7-3-1-4-8-13/h1-10,15-17H,11-12H2/t15-,16-,17+/m1/s1. The van der Waals surface area contributed by atoms with Crippen molar-refractivity contribution in [3.05, 3.63) is 71.8 Å². The van der Waals surface area contributed by atoms with E-state index in [1.807, 2.05) is 12.1 Å². The van der Waals surface area contributed by atoms with Gasteiger partial charge in [-0.2, -0.15) is 0 Å². The molecule has 5 nitrogen and oxygen atoms in total. The summed E-state index contributed by atoms with van der Waals surface area (Å²) in [5.41, 5.74) is 0.301. The predicted molar refractivity (Wildman–Crippen MR) is 91.5 cm³/mol. The Hall–Kier alpha value is -2.37. The zero-order valence-corrected chi connectivity index (χ0v) is 14.1. The molecule has 25 heavy (non-hydrogen) atoms. The Bertz CT molecular complexity index is 719. The number of alkyl halides is 1. The maximum atomic E-state index is 12.2. The molecule has 1 saturated heterocycles. The molecule has 0 radical (unpaired) electrons. The van der Waals surface area contributed by atoms with Gasteiger partial charge in [0.2, 0.25) is 0 Å². The summed E-state index contributed by atoms with van der Waals surface area (Å²) in [6.07, 6.45) is -0.824. The number of rotatable bonds is 5. The van der Waals surface area contributed by atoms with Crippen LogP contribution in [-0.2, 0) is 14.2 Å². The van der Waals surface area contributed by atoms with E-state index >= 15 is 0 Å². The molecule has 1 fully saturated rings. The van der Waals surface area contributed by atoms with E-state index in [4.69, 9.17) is 25.8 Å². The van der Waals surface area contributed by atoms with E-state index in [0.717, 1.165) is 0 Å². The molecule has 3 atom stereocenters. The zero-order valence-electron chi connectivity index (χ0n) is 13.3. The van der Waals surface area contributed by atoms with Gasteiger partial charge in [-0.25, -0.2) is 9.59 Å². The summed E-state index contributed by atoms with van der Waals surface area (Å²) in [7, 11) is 0. The van der Waals surface area contributed by atoms with E-state index in [2.05, 4.69) is 0 Å². The minimum absolute atomic E-state index is 0.0380. The summed E-state index contributed by atoms with van der Waals surface area (Å²) in [4.78, 5) is 24.2. The van der Waals surface area contributed by atoms with Crippen molar-refractivity contribution in [2.24, 2.45) is 0 Å². The highest BCUT2D eigenvalue weighted by Crippen LogP contribution is 2.27. The lowest BCUT2D eigenvalue weighted by atomic mass is 10.2. The molecule has 1 aliphatic heterocycles. The fourth-order valence-corrected chi connectivity index (χ4v) is 2.84. The number of carbonyl (C=O) groups excluding carboxylic acids is 2. The highest BCUT2D eigenvalue weighted by Gasteiger charge is 2.38. The van der Waals surface area contributed by atoms with Crippen molar-refractivity contribution < 1.29 is 23.8 Å². The number of carbonyl (C=O) groups is 2. The van der Waals surface area contributed by atoms with Crippen LogP contribution in [0.15, 0.2) is 60.7 Å². The van der Waals surface area contributed by atoms with Crippen LogP contribution in [0.3, 0.4) is 0 Å². The van der Waals surface area contributed by atoms with Gasteiger partial charge in [0, 0.05) is 6.42 Å². The van der Waals surface area contributed by atoms with Crippen LogP contribution in [0.4, 0.5) is 0 Å². The van der Waals surface area contributed by atoms with Gasteiger partial charge in [0.05, 0.1) is 11.1 Å². The molecule has 0 N–H and O–H groups in total. The van der Waals surface area contributed by atoms with Gasteiger partial charge in [0.25, 0.3) is 0 Å². The molecule has 0 aliphatic carbocycles. The number of esters is 2. The Labute approximate surface area is 150 Å². The lowest BCUT2D eigenvalue weighted by molar-refractivity contribution is -0.0322. The topological polar surface area (TPSA) is 61.8 Å². The lowest BCUT2D eigenvalue weighted by Crippen LogP contribution is -2.32. The molecule has 6 heteroatoms. The molecule has 0 spiro atoms. The van der Waals surface area contributed by atoms with Gasteiger partial charge < -0.3 is 14.2 Å². The van der Waals surface area contributed by atoms with E-state index in [1.165, 1.54) is 0 Å². The van der Waals surface area contributed by atoms with E-state index in [9.17, 15) is 9.59 Å². The minimum Gasteiger partial charge on any atom is -0.459 e. The monoisotopic (exact) mass is 360 g/mol.